The Balaban J connectivity index is 1.79. The summed E-state index contributed by atoms with van der Waals surface area (Å²) in [5, 5.41) is 10.8. The van der Waals surface area contributed by atoms with Gasteiger partial charge in [-0.1, -0.05) is 35.9 Å². The monoisotopic (exact) mass is 367 g/mol. The second-order valence-corrected chi connectivity index (χ2v) is 6.87. The van der Waals surface area contributed by atoms with Gasteiger partial charge < -0.3 is 10.0 Å². The molecule has 5 nitrogen and oxygen atoms in total. The van der Waals surface area contributed by atoms with E-state index in [4.69, 9.17) is 16.6 Å². The third-order valence-corrected chi connectivity index (χ3v) is 5.17. The van der Waals surface area contributed by atoms with Crippen molar-refractivity contribution in [3.05, 3.63) is 53.6 Å². The third kappa shape index (κ3) is 3.10. The van der Waals surface area contributed by atoms with Crippen LogP contribution >= 0.6 is 11.6 Å². The zero-order valence-corrected chi connectivity index (χ0v) is 14.9. The van der Waals surface area contributed by atoms with E-state index in [2.05, 4.69) is 9.88 Å². The molecule has 26 heavy (non-hydrogen) atoms. The smallest absolute Gasteiger partial charge is 0.306 e. The van der Waals surface area contributed by atoms with Crippen LogP contribution in [0.1, 0.15) is 12.8 Å². The number of carboxylic acid groups (broad SMARTS) is 1. The summed E-state index contributed by atoms with van der Waals surface area (Å²) in [6, 6.07) is 15.4. The summed E-state index contributed by atoms with van der Waals surface area (Å²) in [6.45, 7) is 1.33. The van der Waals surface area contributed by atoms with Crippen molar-refractivity contribution in [3.63, 3.8) is 0 Å². The molecular formula is C20H18ClN3O2. The first-order valence-corrected chi connectivity index (χ1v) is 9.01. The molecule has 132 valence electrons. The fraction of sp³-hybridized carbons (Fsp3) is 0.250. The fourth-order valence-electron chi connectivity index (χ4n) is 3.40. The van der Waals surface area contributed by atoms with E-state index in [1.54, 1.807) is 0 Å². The van der Waals surface area contributed by atoms with Gasteiger partial charge in [-0.05, 0) is 37.1 Å². The Morgan fingerprint density at radius 1 is 1.04 bits per heavy atom. The van der Waals surface area contributed by atoms with Gasteiger partial charge in [0.25, 0.3) is 0 Å². The number of fused-ring (bicyclic) bond motifs is 1. The van der Waals surface area contributed by atoms with Crippen molar-refractivity contribution in [2.45, 2.75) is 12.8 Å². The number of para-hydroxylation sites is 1. The Bertz CT molecular complexity index is 968. The average molecular weight is 368 g/mol. The predicted octanol–water partition coefficient (Wildman–Crippen LogP) is 4.25. The van der Waals surface area contributed by atoms with Crippen molar-refractivity contribution in [1.82, 2.24) is 9.97 Å². The number of carboxylic acids is 1. The molecule has 0 atom stereocenters. The Morgan fingerprint density at radius 2 is 1.73 bits per heavy atom. The number of halogens is 1. The van der Waals surface area contributed by atoms with Gasteiger partial charge >= 0.3 is 5.97 Å². The van der Waals surface area contributed by atoms with E-state index in [1.165, 1.54) is 0 Å². The molecule has 6 heteroatoms. The summed E-state index contributed by atoms with van der Waals surface area (Å²) in [6.07, 6.45) is 1.24. The molecule has 1 aromatic heterocycles. The lowest BCUT2D eigenvalue weighted by atomic mass is 9.97. The Kier molecular flexibility index (Phi) is 4.47. The number of aromatic nitrogens is 2. The number of rotatable bonds is 3. The van der Waals surface area contributed by atoms with Crippen LogP contribution in [0.25, 0.3) is 22.3 Å². The highest BCUT2D eigenvalue weighted by Crippen LogP contribution is 2.32. The lowest BCUT2D eigenvalue weighted by molar-refractivity contribution is -0.142. The topological polar surface area (TPSA) is 66.3 Å². The van der Waals surface area contributed by atoms with Crippen LogP contribution in [0, 0.1) is 5.92 Å². The zero-order valence-electron chi connectivity index (χ0n) is 14.1. The molecule has 0 amide bonds. The van der Waals surface area contributed by atoms with Crippen molar-refractivity contribution >= 4 is 34.3 Å². The van der Waals surface area contributed by atoms with Gasteiger partial charge in [0.1, 0.15) is 5.82 Å². The zero-order chi connectivity index (χ0) is 18.1. The molecule has 2 aromatic carbocycles. The summed E-state index contributed by atoms with van der Waals surface area (Å²) < 4.78 is 0. The molecule has 0 aliphatic carbocycles. The SMILES string of the molecule is O=C(O)C1CCN(c2nc(-c3ccccc3Cl)nc3ccccc23)CC1. The minimum absolute atomic E-state index is 0.276. The van der Waals surface area contributed by atoms with E-state index in [1.807, 2.05) is 48.5 Å². The Hall–Kier alpha value is -2.66. The average Bonchev–Trinajstić information content (AvgIpc) is 2.67. The van der Waals surface area contributed by atoms with Gasteiger partial charge in [-0.25, -0.2) is 9.97 Å². The highest BCUT2D eigenvalue weighted by Gasteiger charge is 2.26. The molecule has 0 unspecified atom stereocenters. The van der Waals surface area contributed by atoms with Gasteiger partial charge in [-0.2, -0.15) is 0 Å². The van der Waals surface area contributed by atoms with Crippen LogP contribution in [-0.4, -0.2) is 34.1 Å². The van der Waals surface area contributed by atoms with Crippen molar-refractivity contribution < 1.29 is 9.90 Å². The van der Waals surface area contributed by atoms with Crippen molar-refractivity contribution in [1.29, 1.82) is 0 Å². The fourth-order valence-corrected chi connectivity index (χ4v) is 3.62. The van der Waals surface area contributed by atoms with Gasteiger partial charge in [0.2, 0.25) is 0 Å². The molecular weight excluding hydrogens is 350 g/mol. The van der Waals surface area contributed by atoms with Gasteiger partial charge in [0.05, 0.1) is 16.5 Å². The first-order chi connectivity index (χ1) is 12.6. The number of hydrogen-bond donors (Lipinski definition) is 1. The lowest BCUT2D eigenvalue weighted by Gasteiger charge is -2.31. The summed E-state index contributed by atoms with van der Waals surface area (Å²) in [5.74, 6) is 0.440. The quantitative estimate of drug-likeness (QED) is 0.749. The maximum Gasteiger partial charge on any atom is 0.306 e. The number of nitrogens with zero attached hydrogens (tertiary/aromatic N) is 3. The van der Waals surface area contributed by atoms with Gasteiger partial charge in [0, 0.05) is 24.0 Å². The van der Waals surface area contributed by atoms with Crippen molar-refractivity contribution in [3.8, 4) is 11.4 Å². The van der Waals surface area contributed by atoms with E-state index in [0.717, 1.165) is 22.3 Å². The Morgan fingerprint density at radius 3 is 2.46 bits per heavy atom. The van der Waals surface area contributed by atoms with Crippen LogP contribution in [0.4, 0.5) is 5.82 Å². The molecule has 1 aliphatic heterocycles. The number of hydrogen-bond acceptors (Lipinski definition) is 4. The summed E-state index contributed by atoms with van der Waals surface area (Å²) in [5.41, 5.74) is 1.65. The third-order valence-electron chi connectivity index (χ3n) is 4.84. The van der Waals surface area contributed by atoms with Gasteiger partial charge in [-0.15, -0.1) is 0 Å². The summed E-state index contributed by atoms with van der Waals surface area (Å²) in [4.78, 5) is 22.9. The minimum atomic E-state index is -0.714. The van der Waals surface area contributed by atoms with Crippen LogP contribution in [-0.2, 0) is 4.79 Å². The lowest BCUT2D eigenvalue weighted by Crippen LogP contribution is -2.37. The molecule has 0 bridgehead atoms. The maximum absolute atomic E-state index is 11.2. The van der Waals surface area contributed by atoms with Crippen LogP contribution < -0.4 is 4.90 Å². The molecule has 0 spiro atoms. The van der Waals surface area contributed by atoms with Gasteiger partial charge in [-0.3, -0.25) is 4.79 Å². The number of carbonyl (C=O) groups is 1. The molecule has 0 radical (unpaired) electrons. The minimum Gasteiger partial charge on any atom is -0.481 e. The standard InChI is InChI=1S/C20H18ClN3O2/c21-16-7-3-1-5-14(16)18-22-17-8-4-2-6-15(17)19(23-18)24-11-9-13(10-12-24)20(25)26/h1-8,13H,9-12H2,(H,25,26). The number of piperidine rings is 1. The summed E-state index contributed by atoms with van der Waals surface area (Å²) >= 11 is 6.34. The Labute approximate surface area is 156 Å². The van der Waals surface area contributed by atoms with Crippen molar-refractivity contribution in [2.24, 2.45) is 5.92 Å². The highest BCUT2D eigenvalue weighted by atomic mass is 35.5. The second-order valence-electron chi connectivity index (χ2n) is 6.47. The van der Waals surface area contributed by atoms with Crippen LogP contribution in [0.5, 0.6) is 0 Å². The molecule has 1 saturated heterocycles. The molecule has 1 aliphatic rings. The van der Waals surface area contributed by atoms with E-state index in [-0.39, 0.29) is 5.92 Å². The van der Waals surface area contributed by atoms with Gasteiger partial charge in [0.15, 0.2) is 5.82 Å². The molecule has 3 aromatic rings. The predicted molar refractivity (Wildman–Crippen MR) is 103 cm³/mol. The molecule has 0 saturated carbocycles. The van der Waals surface area contributed by atoms with E-state index < -0.39 is 5.97 Å². The van der Waals surface area contributed by atoms with Crippen LogP contribution in [0.3, 0.4) is 0 Å². The van der Waals surface area contributed by atoms with E-state index in [0.29, 0.717) is 36.8 Å². The molecule has 1 fully saturated rings. The first-order valence-electron chi connectivity index (χ1n) is 8.63. The second kappa shape index (κ2) is 6.92. The van der Waals surface area contributed by atoms with Crippen LogP contribution in [0.15, 0.2) is 48.5 Å². The molecule has 2 heterocycles. The van der Waals surface area contributed by atoms with E-state index >= 15 is 0 Å². The summed E-state index contributed by atoms with van der Waals surface area (Å²) in [7, 11) is 0. The van der Waals surface area contributed by atoms with Crippen LogP contribution in [0.2, 0.25) is 5.02 Å². The first kappa shape index (κ1) is 16.8. The number of benzene rings is 2. The largest absolute Gasteiger partial charge is 0.481 e. The normalized spacial score (nSPS) is 15.3. The van der Waals surface area contributed by atoms with E-state index in [9.17, 15) is 9.90 Å². The highest BCUT2D eigenvalue weighted by molar-refractivity contribution is 6.33. The molecule has 4 rings (SSSR count). The number of anilines is 1. The molecule has 1 N–H and O–H groups in total. The number of aliphatic carboxylic acids is 1. The van der Waals surface area contributed by atoms with Crippen molar-refractivity contribution in [2.75, 3.05) is 18.0 Å². The maximum atomic E-state index is 11.2.